The Labute approximate surface area is 283 Å². The van der Waals surface area contributed by atoms with Gasteiger partial charge in [-0.1, -0.05) is 117 Å². The van der Waals surface area contributed by atoms with Crippen LogP contribution < -0.4 is 20.6 Å². The minimum Gasteiger partial charge on any atom is -0.376 e. The SMILES string of the molecule is CC(C)(C)c1cc2c3c(c1)N1c4ccccc4Sc4cccc(c41)B3N(c1ccccc1)c1cc3c(cc1-2)Sc1ccccc1S3. The van der Waals surface area contributed by atoms with Crippen LogP contribution in [0.2, 0.25) is 0 Å². The highest BCUT2D eigenvalue weighted by Gasteiger charge is 2.47. The molecule has 4 aliphatic rings. The van der Waals surface area contributed by atoms with Crippen molar-refractivity contribution < 1.29 is 0 Å². The van der Waals surface area contributed by atoms with Crippen molar-refractivity contribution in [2.24, 2.45) is 0 Å². The molecule has 2 nitrogen and oxygen atoms in total. The number of nitrogens with zero attached hydrogens (tertiary/aromatic N) is 2. The minimum absolute atomic E-state index is 0.0145. The van der Waals surface area contributed by atoms with Gasteiger partial charge in [0.15, 0.2) is 0 Å². The average molecular weight is 645 g/mol. The summed E-state index contributed by atoms with van der Waals surface area (Å²) in [4.78, 5) is 13.2. The van der Waals surface area contributed by atoms with E-state index in [1.165, 1.54) is 85.4 Å². The Morgan fingerprint density at radius 1 is 0.522 bits per heavy atom. The summed E-state index contributed by atoms with van der Waals surface area (Å²) in [5, 5.41) is 0. The van der Waals surface area contributed by atoms with Gasteiger partial charge in [0.05, 0.1) is 11.4 Å². The van der Waals surface area contributed by atoms with Crippen LogP contribution in [-0.2, 0) is 5.41 Å². The zero-order valence-corrected chi connectivity index (χ0v) is 28.2. The molecule has 0 unspecified atom stereocenters. The Morgan fingerprint density at radius 2 is 1.17 bits per heavy atom. The lowest BCUT2D eigenvalue weighted by molar-refractivity contribution is 0.590. The molecule has 0 radical (unpaired) electrons. The van der Waals surface area contributed by atoms with E-state index in [-0.39, 0.29) is 12.3 Å². The van der Waals surface area contributed by atoms with Crippen molar-refractivity contribution in [2.45, 2.75) is 55.6 Å². The van der Waals surface area contributed by atoms with Gasteiger partial charge in [0.1, 0.15) is 0 Å². The van der Waals surface area contributed by atoms with E-state index in [0.29, 0.717) is 0 Å². The van der Waals surface area contributed by atoms with Gasteiger partial charge in [-0.15, -0.1) is 0 Å². The first-order valence-electron chi connectivity index (χ1n) is 15.8. The van der Waals surface area contributed by atoms with Crippen molar-refractivity contribution in [1.29, 1.82) is 0 Å². The van der Waals surface area contributed by atoms with Crippen molar-refractivity contribution in [3.05, 3.63) is 127 Å². The maximum absolute atomic E-state index is 2.63. The third kappa shape index (κ3) is 3.84. The molecule has 10 rings (SSSR count). The fourth-order valence-corrected chi connectivity index (χ4v) is 10.9. The normalized spacial score (nSPS) is 14.9. The largest absolute Gasteiger partial charge is 0.376 e. The summed E-state index contributed by atoms with van der Waals surface area (Å²) in [6.07, 6.45) is 0. The van der Waals surface area contributed by atoms with Gasteiger partial charge < -0.3 is 9.71 Å². The van der Waals surface area contributed by atoms with E-state index in [1.54, 1.807) is 0 Å². The second-order valence-electron chi connectivity index (χ2n) is 13.4. The predicted octanol–water partition coefficient (Wildman–Crippen LogP) is 10.8. The quantitative estimate of drug-likeness (QED) is 0.164. The van der Waals surface area contributed by atoms with Gasteiger partial charge in [0.25, 0.3) is 0 Å². The number of hydrogen-bond acceptors (Lipinski definition) is 5. The molecule has 4 aliphatic heterocycles. The molecule has 0 saturated carbocycles. The standard InChI is InChI=1S/C40H29BN2S3/c1-40(2,3)24-20-27-26-22-36-37(46-34-18-10-9-17-33(34)45-36)23-30(26)43(25-12-5-4-6-13-25)41-28-14-11-19-35-39(28)42(31(21-24)38(27)41)29-15-7-8-16-32(29)44-35/h4-23H,1-3H3. The Bertz CT molecular complexity index is 2260. The molecule has 0 atom stereocenters. The second kappa shape index (κ2) is 9.77. The van der Waals surface area contributed by atoms with Gasteiger partial charge in [-0.25, -0.2) is 0 Å². The lowest BCUT2D eigenvalue weighted by Crippen LogP contribution is -2.62. The van der Waals surface area contributed by atoms with E-state index in [4.69, 9.17) is 0 Å². The first kappa shape index (κ1) is 27.2. The van der Waals surface area contributed by atoms with Crippen LogP contribution in [0.3, 0.4) is 0 Å². The van der Waals surface area contributed by atoms with Gasteiger partial charge >= 0.3 is 6.85 Å². The third-order valence-corrected chi connectivity index (χ3v) is 13.2. The summed E-state index contributed by atoms with van der Waals surface area (Å²) >= 11 is 5.70. The average Bonchev–Trinajstić information content (AvgIpc) is 3.07. The number of hydrogen-bond donors (Lipinski definition) is 0. The highest BCUT2D eigenvalue weighted by molar-refractivity contribution is 8.05. The summed E-state index contributed by atoms with van der Waals surface area (Å²) in [5.41, 5.74) is 13.2. The Balaban J connectivity index is 1.33. The van der Waals surface area contributed by atoms with Crippen molar-refractivity contribution >= 4 is 81.5 Å². The van der Waals surface area contributed by atoms with Crippen molar-refractivity contribution in [3.8, 4) is 11.1 Å². The lowest BCUT2D eigenvalue weighted by atomic mass is 9.43. The predicted molar refractivity (Wildman–Crippen MR) is 198 cm³/mol. The van der Waals surface area contributed by atoms with Crippen molar-refractivity contribution in [3.63, 3.8) is 0 Å². The summed E-state index contributed by atoms with van der Waals surface area (Å²) in [7, 11) is 0. The van der Waals surface area contributed by atoms with E-state index >= 15 is 0 Å². The van der Waals surface area contributed by atoms with E-state index in [9.17, 15) is 0 Å². The van der Waals surface area contributed by atoms with Gasteiger partial charge in [-0.2, -0.15) is 0 Å². The van der Waals surface area contributed by atoms with Crippen LogP contribution in [0.4, 0.5) is 28.4 Å². The number of para-hydroxylation sites is 3. The Morgan fingerprint density at radius 3 is 1.93 bits per heavy atom. The molecule has 0 N–H and O–H groups in total. The van der Waals surface area contributed by atoms with Crippen molar-refractivity contribution in [1.82, 2.24) is 0 Å². The van der Waals surface area contributed by atoms with E-state index < -0.39 is 0 Å². The molecule has 46 heavy (non-hydrogen) atoms. The van der Waals surface area contributed by atoms with Gasteiger partial charge in [-0.3, -0.25) is 0 Å². The van der Waals surface area contributed by atoms with Crippen LogP contribution in [0.25, 0.3) is 11.1 Å². The minimum atomic E-state index is -0.0145. The number of rotatable bonds is 1. The maximum atomic E-state index is 2.63. The van der Waals surface area contributed by atoms with Crippen molar-refractivity contribution in [2.75, 3.05) is 9.71 Å². The second-order valence-corrected chi connectivity index (χ2v) is 16.6. The molecule has 0 spiro atoms. The molecule has 0 amide bonds. The monoisotopic (exact) mass is 644 g/mol. The van der Waals surface area contributed by atoms with Crippen LogP contribution in [0, 0.1) is 0 Å². The summed E-state index contributed by atoms with van der Waals surface area (Å²) in [6, 6.07) is 45.7. The molecule has 6 aromatic carbocycles. The molecule has 6 heteroatoms. The summed E-state index contributed by atoms with van der Waals surface area (Å²) in [5.74, 6) is 0. The van der Waals surface area contributed by atoms with Crippen LogP contribution >= 0.6 is 35.3 Å². The lowest BCUT2D eigenvalue weighted by Gasteiger charge is -2.48. The fourth-order valence-electron chi connectivity index (χ4n) is 7.48. The van der Waals surface area contributed by atoms with Crippen LogP contribution in [0.15, 0.2) is 151 Å². The molecule has 0 aromatic heterocycles. The van der Waals surface area contributed by atoms with E-state index in [0.717, 1.165) is 0 Å². The van der Waals surface area contributed by atoms with Crippen LogP contribution in [-0.4, -0.2) is 6.85 Å². The molecule has 0 bridgehead atoms. The Hall–Kier alpha value is -3.97. The van der Waals surface area contributed by atoms with Gasteiger partial charge in [0.2, 0.25) is 0 Å². The zero-order valence-electron chi connectivity index (χ0n) is 25.7. The molecular weight excluding hydrogens is 615 g/mol. The third-order valence-electron chi connectivity index (χ3n) is 9.61. The molecular formula is C40H29BN2S3. The molecule has 0 saturated heterocycles. The number of fused-ring (bicyclic) bond motifs is 8. The molecule has 220 valence electrons. The molecule has 6 aromatic rings. The summed E-state index contributed by atoms with van der Waals surface area (Å²) in [6.45, 7) is 7.07. The smallest absolute Gasteiger partial charge is 0.333 e. The molecule has 4 heterocycles. The van der Waals surface area contributed by atoms with E-state index in [1.807, 2.05) is 35.3 Å². The molecule has 0 aliphatic carbocycles. The van der Waals surface area contributed by atoms with Gasteiger partial charge in [0, 0.05) is 52.0 Å². The topological polar surface area (TPSA) is 6.48 Å². The van der Waals surface area contributed by atoms with Crippen LogP contribution in [0.1, 0.15) is 26.3 Å². The zero-order chi connectivity index (χ0) is 30.7. The fraction of sp³-hybridized carbons (Fsp3) is 0.100. The number of benzene rings is 6. The maximum Gasteiger partial charge on any atom is 0.333 e. The first-order chi connectivity index (χ1) is 22.4. The first-order valence-corrected chi connectivity index (χ1v) is 18.2. The number of anilines is 5. The summed E-state index contributed by atoms with van der Waals surface area (Å²) < 4.78 is 0. The highest BCUT2D eigenvalue weighted by Crippen LogP contribution is 2.57. The van der Waals surface area contributed by atoms with Crippen LogP contribution in [0.5, 0.6) is 0 Å². The molecule has 0 fully saturated rings. The Kier molecular flexibility index (Phi) is 5.77. The van der Waals surface area contributed by atoms with E-state index in [2.05, 4.69) is 152 Å². The van der Waals surface area contributed by atoms with Gasteiger partial charge in [-0.05, 0) is 88.1 Å². The highest BCUT2D eigenvalue weighted by atomic mass is 32.2.